The fourth-order valence-electron chi connectivity index (χ4n) is 2.73. The molecule has 2 heterocycles. The van der Waals surface area contributed by atoms with Crippen molar-refractivity contribution in [2.24, 2.45) is 0 Å². The summed E-state index contributed by atoms with van der Waals surface area (Å²) in [4.78, 5) is 9.05. The molecule has 0 amide bonds. The minimum absolute atomic E-state index is 0.426. The van der Waals surface area contributed by atoms with Gasteiger partial charge in [-0.1, -0.05) is 22.9 Å². The number of rotatable bonds is 4. The van der Waals surface area contributed by atoms with E-state index in [1.165, 1.54) is 5.56 Å². The molecular formula is C20H17N3O3. The number of nitrogens with zero attached hydrogens (tertiary/aromatic N) is 3. The van der Waals surface area contributed by atoms with E-state index in [1.807, 2.05) is 55.5 Å². The van der Waals surface area contributed by atoms with E-state index in [4.69, 9.17) is 14.0 Å². The van der Waals surface area contributed by atoms with Gasteiger partial charge >= 0.3 is 0 Å². The van der Waals surface area contributed by atoms with Crippen molar-refractivity contribution in [1.82, 2.24) is 15.1 Å². The number of aryl methyl sites for hydroxylation is 1. The molecule has 0 aliphatic carbocycles. The highest BCUT2D eigenvalue weighted by molar-refractivity contribution is 5.86. The van der Waals surface area contributed by atoms with Crippen molar-refractivity contribution >= 4 is 10.9 Å². The van der Waals surface area contributed by atoms with Gasteiger partial charge < -0.3 is 14.0 Å². The predicted molar refractivity (Wildman–Crippen MR) is 98.3 cm³/mol. The molecular weight excluding hydrogens is 330 g/mol. The van der Waals surface area contributed by atoms with E-state index in [-0.39, 0.29) is 0 Å². The third-order valence-electron chi connectivity index (χ3n) is 4.15. The van der Waals surface area contributed by atoms with E-state index in [0.29, 0.717) is 23.2 Å². The second kappa shape index (κ2) is 6.48. The summed E-state index contributed by atoms with van der Waals surface area (Å²) in [6.45, 7) is 2.03. The van der Waals surface area contributed by atoms with E-state index in [2.05, 4.69) is 15.1 Å². The molecule has 0 aliphatic heterocycles. The minimum Gasteiger partial charge on any atom is -0.497 e. The SMILES string of the molecule is COc1ccc2nc(OC)c(-c3noc(-c4ccc(C)cc4)n3)cc2c1. The Bertz CT molecular complexity index is 1070. The van der Waals surface area contributed by atoms with Crippen LogP contribution in [-0.2, 0) is 0 Å². The summed E-state index contributed by atoms with van der Waals surface area (Å²) in [5.41, 5.74) is 3.50. The molecule has 2 aromatic carbocycles. The van der Waals surface area contributed by atoms with Gasteiger partial charge in [0.15, 0.2) is 0 Å². The van der Waals surface area contributed by atoms with Gasteiger partial charge in [0.1, 0.15) is 5.75 Å². The van der Waals surface area contributed by atoms with E-state index < -0.39 is 0 Å². The molecule has 26 heavy (non-hydrogen) atoms. The monoisotopic (exact) mass is 347 g/mol. The van der Waals surface area contributed by atoms with Crippen molar-refractivity contribution in [3.8, 4) is 34.5 Å². The zero-order chi connectivity index (χ0) is 18.1. The van der Waals surface area contributed by atoms with E-state index in [1.54, 1.807) is 14.2 Å². The average molecular weight is 347 g/mol. The highest BCUT2D eigenvalue weighted by Crippen LogP contribution is 2.32. The van der Waals surface area contributed by atoms with Gasteiger partial charge in [0.2, 0.25) is 11.7 Å². The van der Waals surface area contributed by atoms with Crippen LogP contribution in [-0.4, -0.2) is 29.3 Å². The highest BCUT2D eigenvalue weighted by atomic mass is 16.5. The Hall–Kier alpha value is -3.41. The summed E-state index contributed by atoms with van der Waals surface area (Å²) >= 11 is 0. The maximum absolute atomic E-state index is 5.43. The molecule has 6 heteroatoms. The Balaban J connectivity index is 1.81. The molecule has 0 fully saturated rings. The van der Waals surface area contributed by atoms with Crippen molar-refractivity contribution in [1.29, 1.82) is 0 Å². The number of hydrogen-bond donors (Lipinski definition) is 0. The largest absolute Gasteiger partial charge is 0.497 e. The minimum atomic E-state index is 0.426. The molecule has 6 nitrogen and oxygen atoms in total. The van der Waals surface area contributed by atoms with E-state index in [0.717, 1.165) is 22.2 Å². The number of pyridine rings is 1. The number of benzene rings is 2. The zero-order valence-electron chi connectivity index (χ0n) is 14.7. The fourth-order valence-corrected chi connectivity index (χ4v) is 2.73. The fraction of sp³-hybridized carbons (Fsp3) is 0.150. The Labute approximate surface area is 150 Å². The summed E-state index contributed by atoms with van der Waals surface area (Å²) in [6.07, 6.45) is 0. The lowest BCUT2D eigenvalue weighted by atomic mass is 10.1. The molecule has 0 saturated carbocycles. The number of ether oxygens (including phenoxy) is 2. The molecule has 130 valence electrons. The first kappa shape index (κ1) is 16.1. The number of methoxy groups -OCH3 is 2. The second-order valence-electron chi connectivity index (χ2n) is 5.89. The van der Waals surface area contributed by atoms with Gasteiger partial charge in [0.05, 0.1) is 25.3 Å². The first-order chi connectivity index (χ1) is 12.7. The maximum atomic E-state index is 5.43. The third kappa shape index (κ3) is 2.86. The van der Waals surface area contributed by atoms with Crippen LogP contribution in [0.4, 0.5) is 0 Å². The lowest BCUT2D eigenvalue weighted by Crippen LogP contribution is -1.94. The molecule has 0 unspecified atom stereocenters. The van der Waals surface area contributed by atoms with E-state index >= 15 is 0 Å². The van der Waals surface area contributed by atoms with Crippen LogP contribution in [0, 0.1) is 6.92 Å². The molecule has 0 aliphatic rings. The molecule has 0 radical (unpaired) electrons. The quantitative estimate of drug-likeness (QED) is 0.549. The van der Waals surface area contributed by atoms with Gasteiger partial charge in [0, 0.05) is 10.9 Å². The summed E-state index contributed by atoms with van der Waals surface area (Å²) < 4.78 is 16.2. The van der Waals surface area contributed by atoms with Crippen molar-refractivity contribution < 1.29 is 14.0 Å². The molecule has 0 atom stereocenters. The molecule has 4 rings (SSSR count). The normalized spacial score (nSPS) is 10.9. The summed E-state index contributed by atoms with van der Waals surface area (Å²) in [6, 6.07) is 15.5. The lowest BCUT2D eigenvalue weighted by molar-refractivity contribution is 0.399. The van der Waals surface area contributed by atoms with Gasteiger partial charge in [-0.3, -0.25) is 0 Å². The number of fused-ring (bicyclic) bond motifs is 1. The van der Waals surface area contributed by atoms with Crippen LogP contribution in [0.3, 0.4) is 0 Å². The van der Waals surface area contributed by atoms with Crippen LogP contribution in [0.2, 0.25) is 0 Å². The molecule has 2 aromatic heterocycles. The Morgan fingerprint density at radius 1 is 0.885 bits per heavy atom. The third-order valence-corrected chi connectivity index (χ3v) is 4.15. The van der Waals surface area contributed by atoms with Crippen LogP contribution in [0.25, 0.3) is 33.7 Å². The molecule has 0 N–H and O–H groups in total. The summed E-state index contributed by atoms with van der Waals surface area (Å²) in [5.74, 6) is 2.07. The Kier molecular flexibility index (Phi) is 4.01. The van der Waals surface area contributed by atoms with Crippen molar-refractivity contribution in [2.75, 3.05) is 14.2 Å². The molecule has 4 aromatic rings. The Morgan fingerprint density at radius 2 is 1.69 bits per heavy atom. The van der Waals surface area contributed by atoms with Crippen LogP contribution in [0.5, 0.6) is 11.6 Å². The molecule has 0 bridgehead atoms. The zero-order valence-corrected chi connectivity index (χ0v) is 14.7. The van der Waals surface area contributed by atoms with Gasteiger partial charge in [-0.2, -0.15) is 4.98 Å². The topological polar surface area (TPSA) is 70.3 Å². The maximum Gasteiger partial charge on any atom is 0.258 e. The van der Waals surface area contributed by atoms with Crippen LogP contribution < -0.4 is 9.47 Å². The van der Waals surface area contributed by atoms with Crippen molar-refractivity contribution in [3.05, 3.63) is 54.1 Å². The summed E-state index contributed by atoms with van der Waals surface area (Å²) in [7, 11) is 3.20. The lowest BCUT2D eigenvalue weighted by Gasteiger charge is -2.07. The number of hydrogen-bond acceptors (Lipinski definition) is 6. The predicted octanol–water partition coefficient (Wildman–Crippen LogP) is 4.28. The standard InChI is InChI=1S/C20H17N3O3/c1-12-4-6-13(7-5-12)19-22-18(23-26-19)16-11-14-10-15(24-2)8-9-17(14)21-20(16)25-3/h4-11H,1-3H3. The summed E-state index contributed by atoms with van der Waals surface area (Å²) in [5, 5.41) is 5.01. The highest BCUT2D eigenvalue weighted by Gasteiger charge is 2.17. The van der Waals surface area contributed by atoms with Crippen molar-refractivity contribution in [3.63, 3.8) is 0 Å². The Morgan fingerprint density at radius 3 is 2.42 bits per heavy atom. The first-order valence-electron chi connectivity index (χ1n) is 8.12. The van der Waals surface area contributed by atoms with Crippen LogP contribution in [0.1, 0.15) is 5.56 Å². The second-order valence-corrected chi connectivity index (χ2v) is 5.89. The molecule has 0 saturated heterocycles. The smallest absolute Gasteiger partial charge is 0.258 e. The van der Waals surface area contributed by atoms with Crippen LogP contribution >= 0.6 is 0 Å². The molecule has 0 spiro atoms. The van der Waals surface area contributed by atoms with Crippen LogP contribution in [0.15, 0.2) is 53.1 Å². The van der Waals surface area contributed by atoms with Gasteiger partial charge in [0.25, 0.3) is 5.89 Å². The van der Waals surface area contributed by atoms with Gasteiger partial charge in [-0.25, -0.2) is 4.98 Å². The average Bonchev–Trinajstić information content (AvgIpc) is 3.17. The van der Waals surface area contributed by atoms with Gasteiger partial charge in [-0.15, -0.1) is 0 Å². The van der Waals surface area contributed by atoms with Crippen molar-refractivity contribution in [2.45, 2.75) is 6.92 Å². The number of aromatic nitrogens is 3. The van der Waals surface area contributed by atoms with Gasteiger partial charge in [-0.05, 0) is 43.3 Å². The van der Waals surface area contributed by atoms with E-state index in [9.17, 15) is 0 Å². The first-order valence-corrected chi connectivity index (χ1v) is 8.12.